The Morgan fingerprint density at radius 3 is 2.20 bits per heavy atom. The number of nitrogens with zero attached hydrogens (tertiary/aromatic N) is 1. The van der Waals surface area contributed by atoms with Crippen LogP contribution < -0.4 is 0 Å². The third-order valence-corrected chi connectivity index (χ3v) is 7.77. The van der Waals surface area contributed by atoms with Crippen LogP contribution in [0.25, 0.3) is 44.1 Å². The van der Waals surface area contributed by atoms with Gasteiger partial charge < -0.3 is 5.11 Å². The summed E-state index contributed by atoms with van der Waals surface area (Å²) in [5.41, 5.74) is 9.03. The van der Waals surface area contributed by atoms with Crippen molar-refractivity contribution in [3.63, 3.8) is 0 Å². The van der Waals surface area contributed by atoms with Gasteiger partial charge in [0.05, 0.1) is 11.3 Å². The van der Waals surface area contributed by atoms with E-state index >= 15 is 0 Å². The van der Waals surface area contributed by atoms with Crippen LogP contribution in [0.5, 0.6) is 0 Å². The molecule has 1 radical (unpaired) electrons. The first-order valence-corrected chi connectivity index (χ1v) is 13.6. The van der Waals surface area contributed by atoms with Crippen LogP contribution in [0.4, 0.5) is 0 Å². The van der Waals surface area contributed by atoms with Crippen LogP contribution in [-0.2, 0) is 24.9 Å². The van der Waals surface area contributed by atoms with Crippen molar-refractivity contribution in [1.29, 1.82) is 0 Å². The van der Waals surface area contributed by atoms with Crippen LogP contribution >= 0.6 is 0 Å². The number of ketones is 1. The summed E-state index contributed by atoms with van der Waals surface area (Å²) in [6.07, 6.45) is 13.1. The number of aliphatic hydroxyl groups excluding tert-OH is 1. The molecule has 1 N–H and O–H groups in total. The fraction of sp³-hybridized carbons (Fsp3) is 0.189. The maximum atomic E-state index is 10.0. The fourth-order valence-corrected chi connectivity index (χ4v) is 6.23. The van der Waals surface area contributed by atoms with E-state index < -0.39 is 0 Å². The molecule has 2 aliphatic carbocycles. The number of pyridine rings is 1. The SMILES string of the molecule is C#C.CC(=O)C=C(C)O.[Ir].[c-]1cc2ccccc2cc1-c1nc2ccc(-c3ccccc3)cc2c2c1C1CCC2C1. The number of carbonyl (C=O) groups is 1. The van der Waals surface area contributed by atoms with E-state index in [1.54, 1.807) is 5.56 Å². The van der Waals surface area contributed by atoms with Crippen LogP contribution in [0.15, 0.2) is 96.8 Å². The van der Waals surface area contributed by atoms with Crippen molar-refractivity contribution in [2.75, 3.05) is 0 Å². The van der Waals surface area contributed by atoms with Crippen molar-refractivity contribution >= 4 is 27.5 Å². The summed E-state index contributed by atoms with van der Waals surface area (Å²) < 4.78 is 0. The van der Waals surface area contributed by atoms with E-state index in [1.807, 2.05) is 0 Å². The normalized spacial score (nSPS) is 16.5. The van der Waals surface area contributed by atoms with Gasteiger partial charge in [0.2, 0.25) is 0 Å². The van der Waals surface area contributed by atoms with Gasteiger partial charge in [0.1, 0.15) is 0 Å². The summed E-state index contributed by atoms with van der Waals surface area (Å²) in [5.74, 6) is 1.26. The second-order valence-electron chi connectivity index (χ2n) is 10.5. The molecular weight excluding hydrogens is 683 g/mol. The molecule has 7 rings (SSSR count). The number of hydrogen-bond donors (Lipinski definition) is 1. The van der Waals surface area contributed by atoms with Crippen molar-refractivity contribution in [3.05, 3.63) is 114 Å². The average Bonchev–Trinajstić information content (AvgIpc) is 3.61. The number of fused-ring (bicyclic) bond motifs is 8. The molecule has 0 spiro atoms. The van der Waals surface area contributed by atoms with Gasteiger partial charge in [-0.3, -0.25) is 9.78 Å². The topological polar surface area (TPSA) is 50.2 Å². The third kappa shape index (κ3) is 6.18. The summed E-state index contributed by atoms with van der Waals surface area (Å²) in [7, 11) is 0. The third-order valence-electron chi connectivity index (χ3n) is 7.77. The molecule has 0 saturated heterocycles. The maximum absolute atomic E-state index is 10.0. The smallest absolute Gasteiger partial charge is 0.155 e. The minimum absolute atomic E-state index is 0. The zero-order valence-electron chi connectivity index (χ0n) is 23.2. The van der Waals surface area contributed by atoms with E-state index in [0.717, 1.165) is 16.8 Å². The predicted octanol–water partition coefficient (Wildman–Crippen LogP) is 9.17. The van der Waals surface area contributed by atoms with Crippen molar-refractivity contribution in [2.45, 2.75) is 44.9 Å². The zero-order chi connectivity index (χ0) is 28.2. The summed E-state index contributed by atoms with van der Waals surface area (Å²) >= 11 is 0. The van der Waals surface area contributed by atoms with Crippen molar-refractivity contribution in [2.24, 2.45) is 0 Å². The van der Waals surface area contributed by atoms with Gasteiger partial charge in [-0.15, -0.1) is 42.0 Å². The van der Waals surface area contributed by atoms with E-state index in [0.29, 0.717) is 11.8 Å². The summed E-state index contributed by atoms with van der Waals surface area (Å²) in [6.45, 7) is 2.85. The Morgan fingerprint density at radius 2 is 1.54 bits per heavy atom. The molecule has 0 amide bonds. The predicted molar refractivity (Wildman–Crippen MR) is 165 cm³/mol. The second-order valence-corrected chi connectivity index (χ2v) is 10.5. The fourth-order valence-electron chi connectivity index (χ4n) is 6.23. The largest absolute Gasteiger partial charge is 0.512 e. The molecule has 1 aromatic heterocycles. The number of rotatable bonds is 3. The number of allylic oxidation sites excluding steroid dienone is 2. The first-order chi connectivity index (χ1) is 19.5. The van der Waals surface area contributed by atoms with Crippen LogP contribution in [-0.4, -0.2) is 15.9 Å². The molecule has 2 bridgehead atoms. The second kappa shape index (κ2) is 13.1. The minimum atomic E-state index is -0.125. The molecule has 4 aromatic carbocycles. The van der Waals surface area contributed by atoms with E-state index in [2.05, 4.69) is 104 Å². The van der Waals surface area contributed by atoms with Crippen molar-refractivity contribution in [1.82, 2.24) is 4.98 Å². The molecule has 2 unspecified atom stereocenters. The molecule has 5 aromatic rings. The first kappa shape index (κ1) is 29.9. The Morgan fingerprint density at radius 1 is 0.878 bits per heavy atom. The number of carbonyl (C=O) groups excluding carboxylic acids is 1. The van der Waals surface area contributed by atoms with Crippen molar-refractivity contribution < 1.29 is 30.0 Å². The first-order valence-electron chi connectivity index (χ1n) is 13.6. The molecule has 3 nitrogen and oxygen atoms in total. The van der Waals surface area contributed by atoms with Crippen LogP contribution in [0.2, 0.25) is 0 Å². The molecule has 207 valence electrons. The molecule has 4 heteroatoms. The zero-order valence-corrected chi connectivity index (χ0v) is 25.6. The van der Waals surface area contributed by atoms with Crippen LogP contribution in [0.1, 0.15) is 56.1 Å². The van der Waals surface area contributed by atoms with Gasteiger partial charge in [-0.1, -0.05) is 71.6 Å². The Balaban J connectivity index is 0.000000343. The number of benzene rings is 4. The van der Waals surface area contributed by atoms with Gasteiger partial charge in [-0.2, -0.15) is 0 Å². The molecular formula is C37H32IrNO2-. The maximum Gasteiger partial charge on any atom is 0.155 e. The Hall–Kier alpha value is -4.03. The number of aromatic nitrogens is 1. The number of aliphatic hydroxyl groups is 1. The summed E-state index contributed by atoms with van der Waals surface area (Å²) in [5, 5.41) is 12.2. The molecule has 1 fully saturated rings. The minimum Gasteiger partial charge on any atom is -0.512 e. The summed E-state index contributed by atoms with van der Waals surface area (Å²) in [4.78, 5) is 15.3. The standard InChI is InChI=1S/C30H22N.C5H8O2.C2H2.Ir/c1-2-6-19(7-3-1)22-14-15-27-26(18-22)28-23-11-12-24(17-23)29(28)30(31-27)25-13-10-20-8-4-5-9-21(20)16-25;1-4(6)3-5(2)7;1-2;/h1-10,14-16,18,23-24H,11-12,17H2;3,6H,1-2H3;1-2H;/q-1;;;. The number of hydrogen-bond acceptors (Lipinski definition) is 3. The Labute approximate surface area is 255 Å². The van der Waals surface area contributed by atoms with Crippen LogP contribution in [0, 0.1) is 18.9 Å². The molecule has 0 aliphatic heterocycles. The van der Waals surface area contributed by atoms with Gasteiger partial charge in [0.15, 0.2) is 5.78 Å². The number of terminal acetylenes is 1. The van der Waals surface area contributed by atoms with Gasteiger partial charge in [0, 0.05) is 31.6 Å². The van der Waals surface area contributed by atoms with Gasteiger partial charge in [-0.05, 0) is 79.5 Å². The van der Waals surface area contributed by atoms with Gasteiger partial charge in [-0.25, -0.2) is 0 Å². The average molecular weight is 715 g/mol. The van der Waals surface area contributed by atoms with Crippen molar-refractivity contribution in [3.8, 4) is 35.2 Å². The quantitative estimate of drug-likeness (QED) is 0.0878. The van der Waals surface area contributed by atoms with Gasteiger partial charge >= 0.3 is 0 Å². The monoisotopic (exact) mass is 715 g/mol. The molecule has 2 aliphatic rings. The van der Waals surface area contributed by atoms with E-state index in [4.69, 9.17) is 10.1 Å². The van der Waals surface area contributed by atoms with Gasteiger partial charge in [0.25, 0.3) is 0 Å². The Kier molecular flexibility index (Phi) is 9.56. The molecule has 2 atom stereocenters. The van der Waals surface area contributed by atoms with E-state index in [-0.39, 0.29) is 31.6 Å². The van der Waals surface area contributed by atoms with Crippen LogP contribution in [0.3, 0.4) is 0 Å². The summed E-state index contributed by atoms with van der Waals surface area (Å²) in [6, 6.07) is 34.0. The van der Waals surface area contributed by atoms with E-state index in [1.165, 1.54) is 72.0 Å². The molecule has 41 heavy (non-hydrogen) atoms. The Bertz CT molecular complexity index is 1750. The van der Waals surface area contributed by atoms with E-state index in [9.17, 15) is 4.79 Å². The molecule has 1 saturated carbocycles. The molecule has 1 heterocycles.